The average molecular weight is 508 g/mol. The van der Waals surface area contributed by atoms with Crippen LogP contribution < -0.4 is 0 Å². The SMILES string of the molecule is CC(C)(C)c1nn(-c2ccccc2)c2nc3c(c(-c4ccc(Br)cc4)c12)CCc1ccccc1-3. The van der Waals surface area contributed by atoms with Crippen molar-refractivity contribution in [3.05, 3.63) is 100 Å². The number of rotatable bonds is 2. The van der Waals surface area contributed by atoms with Crippen molar-refractivity contribution in [3.8, 4) is 28.1 Å². The third-order valence-corrected chi connectivity index (χ3v) is 7.21. The van der Waals surface area contributed by atoms with Crippen LogP contribution in [0.5, 0.6) is 0 Å². The molecule has 0 aliphatic heterocycles. The highest BCUT2D eigenvalue weighted by atomic mass is 79.9. The zero-order chi connectivity index (χ0) is 23.4. The summed E-state index contributed by atoms with van der Waals surface area (Å²) >= 11 is 3.62. The molecule has 6 rings (SSSR count). The van der Waals surface area contributed by atoms with Crippen molar-refractivity contribution in [3.63, 3.8) is 0 Å². The van der Waals surface area contributed by atoms with Gasteiger partial charge in [0.1, 0.15) is 0 Å². The Morgan fingerprint density at radius 2 is 1.53 bits per heavy atom. The number of aryl methyl sites for hydroxylation is 1. The first-order chi connectivity index (χ1) is 16.4. The minimum Gasteiger partial charge on any atom is -0.228 e. The van der Waals surface area contributed by atoms with Gasteiger partial charge in [0, 0.05) is 15.5 Å². The molecule has 5 aromatic rings. The quantitative estimate of drug-likeness (QED) is 0.243. The molecule has 4 heteroatoms. The molecule has 0 spiro atoms. The van der Waals surface area contributed by atoms with E-state index in [0.717, 1.165) is 45.4 Å². The van der Waals surface area contributed by atoms with Gasteiger partial charge in [0.2, 0.25) is 0 Å². The number of para-hydroxylation sites is 1. The van der Waals surface area contributed by atoms with Crippen molar-refractivity contribution >= 4 is 27.0 Å². The van der Waals surface area contributed by atoms with Crippen LogP contribution in [0.15, 0.2) is 83.3 Å². The molecule has 3 nitrogen and oxygen atoms in total. The van der Waals surface area contributed by atoms with Crippen molar-refractivity contribution in [2.24, 2.45) is 0 Å². The van der Waals surface area contributed by atoms with Crippen LogP contribution in [0.4, 0.5) is 0 Å². The van der Waals surface area contributed by atoms with Crippen molar-refractivity contribution in [2.45, 2.75) is 39.0 Å². The second kappa shape index (κ2) is 7.92. The van der Waals surface area contributed by atoms with E-state index in [0.29, 0.717) is 0 Å². The van der Waals surface area contributed by atoms with E-state index in [-0.39, 0.29) is 5.41 Å². The molecule has 3 aromatic carbocycles. The van der Waals surface area contributed by atoms with Crippen molar-refractivity contribution < 1.29 is 0 Å². The van der Waals surface area contributed by atoms with Crippen molar-refractivity contribution in [2.75, 3.05) is 0 Å². The highest BCUT2D eigenvalue weighted by Crippen LogP contribution is 2.45. The maximum atomic E-state index is 5.36. The molecule has 0 fully saturated rings. The molecule has 2 aromatic heterocycles. The molecule has 0 saturated heterocycles. The van der Waals surface area contributed by atoms with Crippen molar-refractivity contribution in [1.82, 2.24) is 14.8 Å². The molecule has 0 bridgehead atoms. The standard InChI is InChI=1S/C30H26BrN3/c1-30(2,3)28-26-25(20-13-16-21(31)17-14-20)24-18-15-19-9-7-8-12-23(19)27(24)32-29(26)34(33-28)22-10-5-4-6-11-22/h4-14,16-17H,15,18H2,1-3H3. The van der Waals surface area contributed by atoms with Gasteiger partial charge in [-0.3, -0.25) is 0 Å². The number of benzene rings is 3. The number of pyridine rings is 1. The lowest BCUT2D eigenvalue weighted by atomic mass is 9.81. The smallest absolute Gasteiger partial charge is 0.164 e. The molecule has 34 heavy (non-hydrogen) atoms. The Bertz CT molecular complexity index is 1520. The van der Waals surface area contributed by atoms with Gasteiger partial charge in [0.15, 0.2) is 5.65 Å². The summed E-state index contributed by atoms with van der Waals surface area (Å²) in [7, 11) is 0. The molecule has 0 radical (unpaired) electrons. The largest absolute Gasteiger partial charge is 0.228 e. The van der Waals surface area contributed by atoms with E-state index in [4.69, 9.17) is 10.1 Å². The van der Waals surface area contributed by atoms with Crippen LogP contribution >= 0.6 is 15.9 Å². The molecule has 2 heterocycles. The van der Waals surface area contributed by atoms with Gasteiger partial charge in [-0.05, 0) is 59.4 Å². The van der Waals surface area contributed by atoms with E-state index < -0.39 is 0 Å². The Morgan fingerprint density at radius 1 is 0.824 bits per heavy atom. The van der Waals surface area contributed by atoms with Gasteiger partial charge in [-0.25, -0.2) is 9.67 Å². The van der Waals surface area contributed by atoms with Crippen LogP contribution in [0, 0.1) is 0 Å². The minimum absolute atomic E-state index is 0.134. The number of halogens is 1. The van der Waals surface area contributed by atoms with Gasteiger partial charge in [-0.15, -0.1) is 0 Å². The summed E-state index contributed by atoms with van der Waals surface area (Å²) in [5.74, 6) is 0. The predicted molar refractivity (Wildman–Crippen MR) is 144 cm³/mol. The van der Waals surface area contributed by atoms with Crippen LogP contribution in [0.1, 0.15) is 37.6 Å². The first-order valence-electron chi connectivity index (χ1n) is 11.8. The van der Waals surface area contributed by atoms with Crippen molar-refractivity contribution in [1.29, 1.82) is 0 Å². The van der Waals surface area contributed by atoms with Crippen LogP contribution in [-0.2, 0) is 18.3 Å². The Kier molecular flexibility index (Phi) is 4.96. The second-order valence-corrected chi connectivity index (χ2v) is 10.9. The molecule has 168 valence electrons. The summed E-state index contributed by atoms with van der Waals surface area (Å²) in [4.78, 5) is 5.36. The summed E-state index contributed by atoms with van der Waals surface area (Å²) in [6, 6.07) is 27.7. The minimum atomic E-state index is -0.134. The van der Waals surface area contributed by atoms with E-state index in [2.05, 4.69) is 109 Å². The third-order valence-electron chi connectivity index (χ3n) is 6.68. The zero-order valence-corrected chi connectivity index (χ0v) is 21.2. The van der Waals surface area contributed by atoms with Gasteiger partial charge < -0.3 is 0 Å². The number of nitrogens with zero attached hydrogens (tertiary/aromatic N) is 3. The number of hydrogen-bond donors (Lipinski definition) is 0. The van der Waals surface area contributed by atoms with Gasteiger partial charge in [0.25, 0.3) is 0 Å². The lowest BCUT2D eigenvalue weighted by Gasteiger charge is -2.24. The van der Waals surface area contributed by atoms with Gasteiger partial charge in [-0.2, -0.15) is 5.10 Å². The van der Waals surface area contributed by atoms with Gasteiger partial charge in [-0.1, -0.05) is 91.3 Å². The highest BCUT2D eigenvalue weighted by molar-refractivity contribution is 9.10. The second-order valence-electron chi connectivity index (χ2n) is 10.0. The van der Waals surface area contributed by atoms with E-state index in [9.17, 15) is 0 Å². The maximum Gasteiger partial charge on any atom is 0.164 e. The number of aromatic nitrogens is 3. The Hall–Kier alpha value is -3.24. The normalized spacial score (nSPS) is 13.1. The Morgan fingerprint density at radius 3 is 2.26 bits per heavy atom. The Balaban J connectivity index is 1.80. The fourth-order valence-electron chi connectivity index (χ4n) is 5.09. The summed E-state index contributed by atoms with van der Waals surface area (Å²) in [5.41, 5.74) is 10.4. The van der Waals surface area contributed by atoms with Crippen LogP contribution in [-0.4, -0.2) is 14.8 Å². The van der Waals surface area contributed by atoms with E-state index in [1.807, 2.05) is 10.7 Å². The monoisotopic (exact) mass is 507 g/mol. The topological polar surface area (TPSA) is 30.7 Å². The summed E-state index contributed by atoms with van der Waals surface area (Å²) in [6.45, 7) is 6.72. The van der Waals surface area contributed by atoms with E-state index in [1.165, 1.54) is 27.8 Å². The van der Waals surface area contributed by atoms with E-state index in [1.54, 1.807) is 0 Å². The molecule has 0 N–H and O–H groups in total. The molecule has 0 saturated carbocycles. The summed E-state index contributed by atoms with van der Waals surface area (Å²) in [6.07, 6.45) is 2.00. The first-order valence-corrected chi connectivity index (χ1v) is 12.6. The molecule has 0 unspecified atom stereocenters. The predicted octanol–water partition coefficient (Wildman–Crippen LogP) is 7.91. The average Bonchev–Trinajstić information content (AvgIpc) is 3.24. The Labute approximate surface area is 208 Å². The number of fused-ring (bicyclic) bond motifs is 4. The molecular weight excluding hydrogens is 482 g/mol. The van der Waals surface area contributed by atoms with Gasteiger partial charge in [0.05, 0.1) is 22.5 Å². The first kappa shape index (κ1) is 21.3. The summed E-state index contributed by atoms with van der Waals surface area (Å²) in [5, 5.41) is 6.37. The van der Waals surface area contributed by atoms with Crippen LogP contribution in [0.3, 0.4) is 0 Å². The molecule has 1 aliphatic carbocycles. The fraction of sp³-hybridized carbons (Fsp3) is 0.200. The third kappa shape index (κ3) is 3.40. The lowest BCUT2D eigenvalue weighted by Crippen LogP contribution is -2.14. The summed E-state index contributed by atoms with van der Waals surface area (Å²) < 4.78 is 3.12. The van der Waals surface area contributed by atoms with Crippen LogP contribution in [0.25, 0.3) is 39.1 Å². The number of hydrogen-bond acceptors (Lipinski definition) is 2. The zero-order valence-electron chi connectivity index (χ0n) is 19.6. The molecular formula is C30H26BrN3. The lowest BCUT2D eigenvalue weighted by molar-refractivity contribution is 0.565. The highest BCUT2D eigenvalue weighted by Gasteiger charge is 2.31. The van der Waals surface area contributed by atoms with E-state index >= 15 is 0 Å². The molecule has 0 atom stereocenters. The molecule has 1 aliphatic rings. The van der Waals surface area contributed by atoms with Gasteiger partial charge >= 0.3 is 0 Å². The maximum absolute atomic E-state index is 5.36. The molecule has 0 amide bonds. The van der Waals surface area contributed by atoms with Crippen LogP contribution in [0.2, 0.25) is 0 Å². The fourth-order valence-corrected chi connectivity index (χ4v) is 5.35.